The van der Waals surface area contributed by atoms with Gasteiger partial charge in [-0.3, -0.25) is 4.79 Å². The maximum Gasteiger partial charge on any atom is 0.416 e. The van der Waals surface area contributed by atoms with Gasteiger partial charge >= 0.3 is 12.1 Å². The average molecular weight is 483 g/mol. The van der Waals surface area contributed by atoms with Crippen LogP contribution in [0.3, 0.4) is 0 Å². The highest BCUT2D eigenvalue weighted by atomic mass is 32.2. The number of carboxylic acids is 1. The number of nitrogens with zero attached hydrogens (tertiary/aromatic N) is 2. The van der Waals surface area contributed by atoms with Gasteiger partial charge in [0.1, 0.15) is 0 Å². The van der Waals surface area contributed by atoms with Gasteiger partial charge in [0.25, 0.3) is 0 Å². The Balaban J connectivity index is 1.58. The van der Waals surface area contributed by atoms with E-state index in [1.165, 1.54) is 22.5 Å². The maximum absolute atomic E-state index is 13.7. The van der Waals surface area contributed by atoms with Crippen molar-refractivity contribution >= 4 is 21.7 Å². The molecule has 1 fully saturated rings. The van der Waals surface area contributed by atoms with Crippen molar-refractivity contribution in [1.82, 2.24) is 4.31 Å². The Morgan fingerprint density at radius 2 is 1.61 bits per heavy atom. The van der Waals surface area contributed by atoms with Crippen molar-refractivity contribution in [3.05, 3.63) is 59.2 Å². The lowest BCUT2D eigenvalue weighted by Crippen LogP contribution is -2.58. The van der Waals surface area contributed by atoms with E-state index in [1.54, 1.807) is 26.0 Å². The fourth-order valence-electron chi connectivity index (χ4n) is 5.00. The van der Waals surface area contributed by atoms with Crippen LogP contribution in [0.2, 0.25) is 0 Å². The van der Waals surface area contributed by atoms with Crippen molar-refractivity contribution < 1.29 is 31.5 Å². The Morgan fingerprint density at radius 3 is 2.15 bits per heavy atom. The normalized spacial score (nSPS) is 24.0. The highest BCUT2D eigenvalue weighted by Crippen LogP contribution is 2.36. The van der Waals surface area contributed by atoms with Crippen LogP contribution >= 0.6 is 0 Å². The van der Waals surface area contributed by atoms with Gasteiger partial charge in [-0.25, -0.2) is 8.42 Å². The number of aliphatic carboxylic acids is 1. The fraction of sp³-hybridized carbons (Fsp3) is 0.435. The molecule has 1 N–H and O–H groups in total. The predicted octanol–water partition coefficient (Wildman–Crippen LogP) is 3.79. The summed E-state index contributed by atoms with van der Waals surface area (Å²) >= 11 is 0. The van der Waals surface area contributed by atoms with Crippen LogP contribution in [-0.2, 0) is 33.8 Å². The molecule has 0 aromatic heterocycles. The van der Waals surface area contributed by atoms with Crippen LogP contribution in [0.1, 0.15) is 30.5 Å². The van der Waals surface area contributed by atoms with Gasteiger partial charge < -0.3 is 10.0 Å². The van der Waals surface area contributed by atoms with E-state index in [0.29, 0.717) is 30.8 Å². The Morgan fingerprint density at radius 1 is 1.00 bits per heavy atom. The zero-order valence-electron chi connectivity index (χ0n) is 18.2. The first-order valence-corrected chi connectivity index (χ1v) is 12.1. The molecular formula is C23H25F3N2O4S. The number of anilines is 1. The topological polar surface area (TPSA) is 77.9 Å². The summed E-state index contributed by atoms with van der Waals surface area (Å²) in [5.74, 6) is -1.58. The Bertz CT molecular complexity index is 1150. The third-order valence-corrected chi connectivity index (χ3v) is 8.66. The molecule has 33 heavy (non-hydrogen) atoms. The fourth-order valence-corrected chi connectivity index (χ4v) is 7.09. The first kappa shape index (κ1) is 23.6. The van der Waals surface area contributed by atoms with Crippen LogP contribution < -0.4 is 4.90 Å². The monoisotopic (exact) mass is 482 g/mol. The van der Waals surface area contributed by atoms with E-state index in [-0.39, 0.29) is 11.3 Å². The molecule has 3 atom stereocenters. The zero-order chi connectivity index (χ0) is 24.1. The highest BCUT2D eigenvalue weighted by molar-refractivity contribution is 7.89. The molecule has 10 heteroatoms. The van der Waals surface area contributed by atoms with E-state index in [0.717, 1.165) is 17.7 Å². The molecule has 2 aromatic rings. The minimum atomic E-state index is -4.42. The van der Waals surface area contributed by atoms with E-state index >= 15 is 0 Å². The number of fused-ring (bicyclic) bond motifs is 1. The smallest absolute Gasteiger partial charge is 0.416 e. The van der Waals surface area contributed by atoms with Crippen molar-refractivity contribution in [3.63, 3.8) is 0 Å². The van der Waals surface area contributed by atoms with E-state index in [9.17, 15) is 31.5 Å². The second-order valence-electron chi connectivity index (χ2n) is 8.82. The molecule has 2 aromatic carbocycles. The Kier molecular flexibility index (Phi) is 5.94. The second kappa shape index (κ2) is 8.32. The number of rotatable bonds is 4. The number of halogens is 3. The molecule has 0 spiro atoms. The molecule has 1 saturated heterocycles. The first-order valence-electron chi connectivity index (χ1n) is 10.7. The minimum absolute atomic E-state index is 0.144. The molecule has 6 nitrogen and oxygen atoms in total. The molecule has 178 valence electrons. The van der Waals surface area contributed by atoms with Crippen molar-refractivity contribution in [3.8, 4) is 0 Å². The van der Waals surface area contributed by atoms with Crippen LogP contribution in [0, 0.1) is 5.92 Å². The first-order chi connectivity index (χ1) is 15.4. The molecule has 1 heterocycles. The number of benzene rings is 2. The van der Waals surface area contributed by atoms with Crippen LogP contribution in [-0.4, -0.2) is 49.0 Å². The summed E-state index contributed by atoms with van der Waals surface area (Å²) in [5.41, 5.74) is 1.18. The molecule has 2 aliphatic rings. The van der Waals surface area contributed by atoms with E-state index < -0.39 is 45.7 Å². The predicted molar refractivity (Wildman–Crippen MR) is 117 cm³/mol. The van der Waals surface area contributed by atoms with Crippen molar-refractivity contribution in [2.24, 2.45) is 5.92 Å². The summed E-state index contributed by atoms with van der Waals surface area (Å²) in [5, 5.41) is 9.38. The van der Waals surface area contributed by atoms with E-state index in [1.807, 2.05) is 4.90 Å². The minimum Gasteiger partial charge on any atom is -0.481 e. The lowest BCUT2D eigenvalue weighted by Gasteiger charge is -2.44. The van der Waals surface area contributed by atoms with Crippen molar-refractivity contribution in [2.45, 2.75) is 49.8 Å². The molecule has 0 saturated carbocycles. The van der Waals surface area contributed by atoms with Crippen molar-refractivity contribution in [2.75, 3.05) is 18.0 Å². The molecule has 1 aliphatic carbocycles. The summed E-state index contributed by atoms with van der Waals surface area (Å²) in [7, 11) is -3.90. The lowest BCUT2D eigenvalue weighted by atomic mass is 10.1. The van der Waals surface area contributed by atoms with Crippen LogP contribution in [0.15, 0.2) is 47.4 Å². The Hall–Kier alpha value is -2.59. The summed E-state index contributed by atoms with van der Waals surface area (Å²) in [6, 6.07) is 8.93. The number of carbonyl (C=O) groups is 1. The number of hydrogen-bond donors (Lipinski definition) is 1. The highest BCUT2D eigenvalue weighted by Gasteiger charge is 2.41. The van der Waals surface area contributed by atoms with Crippen LogP contribution in [0.4, 0.5) is 18.9 Å². The van der Waals surface area contributed by atoms with Gasteiger partial charge in [-0.1, -0.05) is 12.1 Å². The lowest BCUT2D eigenvalue weighted by molar-refractivity contribution is -0.141. The molecule has 0 radical (unpaired) electrons. The van der Waals surface area contributed by atoms with Crippen LogP contribution in [0.25, 0.3) is 0 Å². The van der Waals surface area contributed by atoms with Gasteiger partial charge in [0, 0.05) is 30.9 Å². The molecule has 1 aliphatic heterocycles. The standard InChI is InChI=1S/C23H25F3N2O4S/c1-14-12-27(19-8-6-18(7-9-19)23(24,25)26)13-15(2)28(14)33(31,32)21-5-3-4-16-10-17(22(29)30)11-20(16)21/h3-9,14-15,17H,10-13H2,1-2H3,(H,29,30)/t14-,15+,17?. The SMILES string of the molecule is C[C@@H]1CN(c2ccc(C(F)(F)F)cc2)C[C@H](C)N1S(=O)(=O)c1cccc2c1CC(C(=O)O)C2. The van der Waals surface area contributed by atoms with Gasteiger partial charge in [0.05, 0.1) is 16.4 Å². The number of hydrogen-bond acceptors (Lipinski definition) is 4. The number of sulfonamides is 1. The van der Waals surface area contributed by atoms with Crippen molar-refractivity contribution in [1.29, 1.82) is 0 Å². The number of piperazine rings is 1. The largest absolute Gasteiger partial charge is 0.481 e. The zero-order valence-corrected chi connectivity index (χ0v) is 19.0. The molecule has 0 amide bonds. The van der Waals surface area contributed by atoms with E-state index in [2.05, 4.69) is 0 Å². The quantitative estimate of drug-likeness (QED) is 0.718. The third kappa shape index (κ3) is 4.33. The summed E-state index contributed by atoms with van der Waals surface area (Å²) < 4.78 is 67.4. The van der Waals surface area contributed by atoms with Gasteiger partial charge in [-0.05, 0) is 68.1 Å². The molecule has 1 unspecified atom stereocenters. The number of carboxylic acid groups (broad SMARTS) is 1. The molecule has 0 bridgehead atoms. The van der Waals surface area contributed by atoms with Gasteiger partial charge in [0.15, 0.2) is 0 Å². The maximum atomic E-state index is 13.7. The molecular weight excluding hydrogens is 457 g/mol. The van der Waals surface area contributed by atoms with E-state index in [4.69, 9.17) is 0 Å². The van der Waals surface area contributed by atoms with Gasteiger partial charge in [-0.2, -0.15) is 17.5 Å². The van der Waals surface area contributed by atoms with Gasteiger partial charge in [-0.15, -0.1) is 0 Å². The van der Waals surface area contributed by atoms with Crippen LogP contribution in [0.5, 0.6) is 0 Å². The summed E-state index contributed by atoms with van der Waals surface area (Å²) in [6.07, 6.45) is -3.93. The summed E-state index contributed by atoms with van der Waals surface area (Å²) in [4.78, 5) is 13.5. The number of alkyl halides is 3. The third-order valence-electron chi connectivity index (χ3n) is 6.45. The average Bonchev–Trinajstić information content (AvgIpc) is 3.17. The molecule has 4 rings (SSSR count). The second-order valence-corrected chi connectivity index (χ2v) is 10.6. The Labute approximate surface area is 190 Å². The summed E-state index contributed by atoms with van der Waals surface area (Å²) in [6.45, 7) is 4.18. The van der Waals surface area contributed by atoms with Gasteiger partial charge in [0.2, 0.25) is 10.0 Å².